The highest BCUT2D eigenvalue weighted by Crippen LogP contribution is 2.27. The first-order valence-corrected chi connectivity index (χ1v) is 7.61. The van der Waals surface area contributed by atoms with Gasteiger partial charge < -0.3 is 15.7 Å². The number of rotatable bonds is 5. The van der Waals surface area contributed by atoms with E-state index in [0.717, 1.165) is 6.54 Å². The summed E-state index contributed by atoms with van der Waals surface area (Å²) in [6, 6.07) is 8.34. The lowest BCUT2D eigenvalue weighted by molar-refractivity contribution is -0.122. The molecule has 2 atom stereocenters. The van der Waals surface area contributed by atoms with Crippen molar-refractivity contribution in [2.75, 3.05) is 19.6 Å². The fourth-order valence-electron chi connectivity index (χ4n) is 2.74. The molecular formula is C17H26N2O2. The van der Waals surface area contributed by atoms with Gasteiger partial charge in [0.1, 0.15) is 0 Å². The summed E-state index contributed by atoms with van der Waals surface area (Å²) in [6.45, 7) is 8.16. The van der Waals surface area contributed by atoms with Crippen LogP contribution in [-0.4, -0.2) is 36.8 Å². The third-order valence-corrected chi connectivity index (χ3v) is 4.30. The quantitative estimate of drug-likeness (QED) is 0.767. The van der Waals surface area contributed by atoms with Crippen LogP contribution in [0, 0.1) is 12.8 Å². The number of β-amino-alcohol motifs (C(OH)–C–C–N with tert-alkyl or cyclic N) is 1. The summed E-state index contributed by atoms with van der Waals surface area (Å²) in [7, 11) is 0. The minimum Gasteiger partial charge on any atom is -0.391 e. The molecule has 21 heavy (non-hydrogen) atoms. The molecular weight excluding hydrogens is 264 g/mol. The van der Waals surface area contributed by atoms with E-state index in [9.17, 15) is 9.90 Å². The predicted molar refractivity (Wildman–Crippen MR) is 84.2 cm³/mol. The van der Waals surface area contributed by atoms with Crippen LogP contribution >= 0.6 is 0 Å². The monoisotopic (exact) mass is 290 g/mol. The van der Waals surface area contributed by atoms with E-state index in [1.807, 2.05) is 0 Å². The van der Waals surface area contributed by atoms with Crippen LogP contribution in [0.5, 0.6) is 0 Å². The SMILES string of the molecule is Cc1ccc(C(C)(C)CC(=O)NCC2CNCC2O)cc1. The van der Waals surface area contributed by atoms with E-state index in [1.165, 1.54) is 11.1 Å². The van der Waals surface area contributed by atoms with Gasteiger partial charge in [0.2, 0.25) is 5.91 Å². The lowest BCUT2D eigenvalue weighted by atomic mass is 9.81. The second-order valence-electron chi connectivity index (χ2n) is 6.72. The second-order valence-corrected chi connectivity index (χ2v) is 6.72. The number of hydrogen-bond donors (Lipinski definition) is 3. The van der Waals surface area contributed by atoms with Crippen LogP contribution in [-0.2, 0) is 10.2 Å². The Morgan fingerprint density at radius 1 is 1.33 bits per heavy atom. The molecule has 3 N–H and O–H groups in total. The maximum atomic E-state index is 12.1. The highest BCUT2D eigenvalue weighted by molar-refractivity contribution is 5.77. The number of carbonyl (C=O) groups excluding carboxylic acids is 1. The van der Waals surface area contributed by atoms with E-state index in [2.05, 4.69) is 55.7 Å². The van der Waals surface area contributed by atoms with Crippen molar-refractivity contribution in [1.82, 2.24) is 10.6 Å². The van der Waals surface area contributed by atoms with Gasteiger partial charge in [-0.1, -0.05) is 43.7 Å². The maximum absolute atomic E-state index is 12.1. The first-order valence-electron chi connectivity index (χ1n) is 7.61. The molecule has 1 aliphatic rings. The first-order chi connectivity index (χ1) is 9.88. The van der Waals surface area contributed by atoms with Crippen LogP contribution < -0.4 is 10.6 Å². The largest absolute Gasteiger partial charge is 0.391 e. The molecule has 0 bridgehead atoms. The van der Waals surface area contributed by atoms with E-state index in [1.54, 1.807) is 0 Å². The molecule has 4 heteroatoms. The van der Waals surface area contributed by atoms with Crippen molar-refractivity contribution in [3.8, 4) is 0 Å². The third kappa shape index (κ3) is 4.29. The lowest BCUT2D eigenvalue weighted by Gasteiger charge is -2.25. The standard InChI is InChI=1S/C17H26N2O2/c1-12-4-6-14(7-5-12)17(2,3)8-16(21)19-10-13-9-18-11-15(13)20/h4-7,13,15,18,20H,8-11H2,1-3H3,(H,19,21). The second kappa shape index (κ2) is 6.58. The third-order valence-electron chi connectivity index (χ3n) is 4.30. The average Bonchev–Trinajstić information content (AvgIpc) is 2.82. The lowest BCUT2D eigenvalue weighted by Crippen LogP contribution is -2.37. The van der Waals surface area contributed by atoms with Gasteiger partial charge in [-0.15, -0.1) is 0 Å². The van der Waals surface area contributed by atoms with Crippen molar-refractivity contribution in [3.63, 3.8) is 0 Å². The summed E-state index contributed by atoms with van der Waals surface area (Å²) in [4.78, 5) is 12.1. The summed E-state index contributed by atoms with van der Waals surface area (Å²) in [5, 5.41) is 15.8. The summed E-state index contributed by atoms with van der Waals surface area (Å²) in [5.74, 6) is 0.163. The summed E-state index contributed by atoms with van der Waals surface area (Å²) in [5.41, 5.74) is 2.21. The normalized spacial score (nSPS) is 22.3. The predicted octanol–water partition coefficient (Wildman–Crippen LogP) is 1.36. The molecule has 1 aliphatic heterocycles. The molecule has 2 rings (SSSR count). The molecule has 0 aliphatic carbocycles. The zero-order valence-electron chi connectivity index (χ0n) is 13.1. The molecule has 1 heterocycles. The molecule has 0 radical (unpaired) electrons. The zero-order chi connectivity index (χ0) is 15.5. The van der Waals surface area contributed by atoms with Crippen LogP contribution in [0.15, 0.2) is 24.3 Å². The molecule has 116 valence electrons. The van der Waals surface area contributed by atoms with Crippen LogP contribution in [0.2, 0.25) is 0 Å². The molecule has 1 saturated heterocycles. The number of benzene rings is 1. The summed E-state index contributed by atoms with van der Waals surface area (Å²) >= 11 is 0. The topological polar surface area (TPSA) is 61.4 Å². The van der Waals surface area contributed by atoms with E-state index < -0.39 is 0 Å². The van der Waals surface area contributed by atoms with Gasteiger partial charge in [0, 0.05) is 32.0 Å². The van der Waals surface area contributed by atoms with Crippen LogP contribution in [0.4, 0.5) is 0 Å². The molecule has 1 fully saturated rings. The van der Waals surface area contributed by atoms with Crippen LogP contribution in [0.25, 0.3) is 0 Å². The molecule has 1 aromatic rings. The van der Waals surface area contributed by atoms with Gasteiger partial charge in [-0.2, -0.15) is 0 Å². The van der Waals surface area contributed by atoms with Crippen molar-refractivity contribution in [1.29, 1.82) is 0 Å². The van der Waals surface area contributed by atoms with Gasteiger partial charge in [-0.3, -0.25) is 4.79 Å². The van der Waals surface area contributed by atoms with Crippen molar-refractivity contribution >= 4 is 5.91 Å². The Kier molecular flexibility index (Phi) is 5.01. The number of nitrogens with one attached hydrogen (secondary N) is 2. The number of aliphatic hydroxyl groups excluding tert-OH is 1. The first kappa shape index (κ1) is 16.0. The summed E-state index contributed by atoms with van der Waals surface area (Å²) < 4.78 is 0. The molecule has 0 saturated carbocycles. The van der Waals surface area contributed by atoms with Gasteiger partial charge in [0.05, 0.1) is 6.10 Å². The van der Waals surface area contributed by atoms with Crippen LogP contribution in [0.3, 0.4) is 0 Å². The Hall–Kier alpha value is -1.39. The summed E-state index contributed by atoms with van der Waals surface area (Å²) in [6.07, 6.45) is 0.0992. The number of aliphatic hydroxyl groups is 1. The molecule has 2 unspecified atom stereocenters. The Balaban J connectivity index is 1.87. The molecule has 1 aromatic carbocycles. The van der Waals surface area contributed by atoms with E-state index in [-0.39, 0.29) is 23.3 Å². The Morgan fingerprint density at radius 2 is 2.00 bits per heavy atom. The van der Waals surface area contributed by atoms with Crippen molar-refractivity contribution in [3.05, 3.63) is 35.4 Å². The Labute approximate surface area is 126 Å². The number of carbonyl (C=O) groups is 1. The van der Waals surface area contributed by atoms with Gasteiger partial charge in [-0.25, -0.2) is 0 Å². The minimum atomic E-state index is -0.351. The van der Waals surface area contributed by atoms with E-state index >= 15 is 0 Å². The van der Waals surface area contributed by atoms with Crippen LogP contribution in [0.1, 0.15) is 31.4 Å². The van der Waals surface area contributed by atoms with Gasteiger partial charge in [0.25, 0.3) is 0 Å². The van der Waals surface area contributed by atoms with Crippen molar-refractivity contribution < 1.29 is 9.90 Å². The Bertz CT molecular complexity index is 482. The maximum Gasteiger partial charge on any atom is 0.220 e. The minimum absolute atomic E-state index is 0.0414. The molecule has 0 aromatic heterocycles. The van der Waals surface area contributed by atoms with E-state index in [0.29, 0.717) is 19.5 Å². The Morgan fingerprint density at radius 3 is 2.57 bits per heavy atom. The highest BCUT2D eigenvalue weighted by atomic mass is 16.3. The van der Waals surface area contributed by atoms with Gasteiger partial charge in [0.15, 0.2) is 0 Å². The fraction of sp³-hybridized carbons (Fsp3) is 0.588. The zero-order valence-corrected chi connectivity index (χ0v) is 13.1. The smallest absolute Gasteiger partial charge is 0.220 e. The van der Waals surface area contributed by atoms with Crippen molar-refractivity contribution in [2.45, 2.75) is 38.7 Å². The van der Waals surface area contributed by atoms with Crippen molar-refractivity contribution in [2.24, 2.45) is 5.92 Å². The van der Waals surface area contributed by atoms with Gasteiger partial charge >= 0.3 is 0 Å². The average molecular weight is 290 g/mol. The number of aryl methyl sites for hydroxylation is 1. The fourth-order valence-corrected chi connectivity index (χ4v) is 2.74. The van der Waals surface area contributed by atoms with Gasteiger partial charge in [-0.05, 0) is 17.9 Å². The number of hydrogen-bond acceptors (Lipinski definition) is 3. The molecule has 1 amide bonds. The molecule has 4 nitrogen and oxygen atoms in total. The number of amides is 1. The van der Waals surface area contributed by atoms with E-state index in [4.69, 9.17) is 0 Å². The molecule has 0 spiro atoms. The highest BCUT2D eigenvalue weighted by Gasteiger charge is 2.27.